The molecule has 134 valence electrons. The second kappa shape index (κ2) is 6.67. The zero-order valence-corrected chi connectivity index (χ0v) is 14.8. The molecule has 26 heavy (non-hydrogen) atoms. The Labute approximate surface area is 151 Å². The van der Waals surface area contributed by atoms with E-state index in [1.807, 2.05) is 47.1 Å². The van der Waals surface area contributed by atoms with Crippen molar-refractivity contribution in [2.45, 2.75) is 19.4 Å². The number of aromatic nitrogens is 3. The number of aryl methyl sites for hydroxylation is 1. The maximum absolute atomic E-state index is 12.9. The van der Waals surface area contributed by atoms with Gasteiger partial charge in [-0.2, -0.15) is 5.10 Å². The molecule has 1 amide bonds. The molecule has 0 spiro atoms. The van der Waals surface area contributed by atoms with E-state index in [1.54, 1.807) is 13.2 Å². The van der Waals surface area contributed by atoms with E-state index in [-0.39, 0.29) is 5.91 Å². The van der Waals surface area contributed by atoms with Gasteiger partial charge in [0.1, 0.15) is 5.75 Å². The summed E-state index contributed by atoms with van der Waals surface area (Å²) in [6, 6.07) is 9.14. The van der Waals surface area contributed by atoms with Crippen LogP contribution in [0.2, 0.25) is 0 Å². The summed E-state index contributed by atoms with van der Waals surface area (Å²) < 4.78 is 12.4. The van der Waals surface area contributed by atoms with E-state index in [1.165, 1.54) is 5.69 Å². The van der Waals surface area contributed by atoms with Crippen LogP contribution in [0.3, 0.4) is 0 Å². The number of carbonyl (C=O) groups is 1. The summed E-state index contributed by atoms with van der Waals surface area (Å²) in [4.78, 5) is 14.7. The Morgan fingerprint density at radius 3 is 2.85 bits per heavy atom. The lowest BCUT2D eigenvalue weighted by atomic mass is 10.1. The predicted molar refractivity (Wildman–Crippen MR) is 94.8 cm³/mol. The molecular weight excluding hydrogens is 332 g/mol. The number of methoxy groups -OCH3 is 1. The average Bonchev–Trinajstić information content (AvgIpc) is 3.22. The highest BCUT2D eigenvalue weighted by molar-refractivity contribution is 5.93. The Balaban J connectivity index is 1.54. The number of carbonyl (C=O) groups excluding carboxylic acids is 1. The first-order chi connectivity index (χ1) is 12.7. The number of hydrogen-bond acceptors (Lipinski definition) is 5. The minimum Gasteiger partial charge on any atom is -0.497 e. The first kappa shape index (κ1) is 16.4. The first-order valence-electron chi connectivity index (χ1n) is 8.56. The molecule has 0 saturated heterocycles. The van der Waals surface area contributed by atoms with Gasteiger partial charge in [-0.25, -0.2) is 0 Å². The molecule has 1 aliphatic heterocycles. The van der Waals surface area contributed by atoms with Crippen LogP contribution in [0.5, 0.6) is 5.75 Å². The Bertz CT molecular complexity index is 927. The Morgan fingerprint density at radius 2 is 2.08 bits per heavy atom. The highest BCUT2D eigenvalue weighted by atomic mass is 16.5. The zero-order chi connectivity index (χ0) is 18.1. The summed E-state index contributed by atoms with van der Waals surface area (Å²) in [5.74, 6) is 1.21. The van der Waals surface area contributed by atoms with E-state index in [4.69, 9.17) is 9.26 Å². The molecule has 0 aliphatic carbocycles. The van der Waals surface area contributed by atoms with Gasteiger partial charge in [0.25, 0.3) is 5.91 Å². The van der Waals surface area contributed by atoms with Crippen molar-refractivity contribution in [1.29, 1.82) is 0 Å². The van der Waals surface area contributed by atoms with Gasteiger partial charge >= 0.3 is 0 Å². The maximum atomic E-state index is 12.9. The van der Waals surface area contributed by atoms with Crippen LogP contribution < -0.4 is 4.74 Å². The Morgan fingerprint density at radius 1 is 1.27 bits per heavy atom. The molecule has 0 bridgehead atoms. The fourth-order valence-electron chi connectivity index (χ4n) is 3.29. The van der Waals surface area contributed by atoms with Crippen LogP contribution in [0.4, 0.5) is 0 Å². The number of fused-ring (bicyclic) bond motifs is 1. The van der Waals surface area contributed by atoms with Crippen LogP contribution in [0, 0.1) is 0 Å². The third kappa shape index (κ3) is 2.96. The largest absolute Gasteiger partial charge is 0.497 e. The SMILES string of the molecule is COc1ccc(-c2cc(C(=O)N3CCCc4c(cnn4C)C3)no2)cc1. The normalized spacial score (nSPS) is 14.0. The number of ether oxygens (including phenoxy) is 1. The summed E-state index contributed by atoms with van der Waals surface area (Å²) in [6.07, 6.45) is 3.67. The van der Waals surface area contributed by atoms with Crippen molar-refractivity contribution in [1.82, 2.24) is 19.8 Å². The summed E-state index contributed by atoms with van der Waals surface area (Å²) in [7, 11) is 3.56. The molecule has 0 saturated carbocycles. The zero-order valence-electron chi connectivity index (χ0n) is 14.8. The summed E-state index contributed by atoms with van der Waals surface area (Å²) >= 11 is 0. The van der Waals surface area contributed by atoms with E-state index in [2.05, 4.69) is 10.3 Å². The van der Waals surface area contributed by atoms with Gasteiger partial charge in [0.2, 0.25) is 0 Å². The van der Waals surface area contributed by atoms with Crippen molar-refractivity contribution in [3.63, 3.8) is 0 Å². The third-order valence-corrected chi connectivity index (χ3v) is 4.74. The summed E-state index contributed by atoms with van der Waals surface area (Å²) in [5.41, 5.74) is 3.46. The molecular formula is C19H20N4O3. The van der Waals surface area contributed by atoms with Crippen LogP contribution in [0.15, 0.2) is 41.1 Å². The molecule has 7 nitrogen and oxygen atoms in total. The maximum Gasteiger partial charge on any atom is 0.276 e. The first-order valence-corrected chi connectivity index (χ1v) is 8.56. The highest BCUT2D eigenvalue weighted by Crippen LogP contribution is 2.25. The molecule has 1 aliphatic rings. The second-order valence-corrected chi connectivity index (χ2v) is 6.38. The van der Waals surface area contributed by atoms with Crippen LogP contribution in [0.25, 0.3) is 11.3 Å². The van der Waals surface area contributed by atoms with E-state index in [9.17, 15) is 4.79 Å². The number of nitrogens with zero attached hydrogens (tertiary/aromatic N) is 4. The van der Waals surface area contributed by atoms with Crippen LogP contribution in [0.1, 0.15) is 28.2 Å². The fraction of sp³-hybridized carbons (Fsp3) is 0.316. The van der Waals surface area contributed by atoms with Crippen molar-refractivity contribution < 1.29 is 14.1 Å². The van der Waals surface area contributed by atoms with E-state index in [0.717, 1.165) is 29.7 Å². The monoisotopic (exact) mass is 352 g/mol. The average molecular weight is 352 g/mol. The van der Waals surface area contributed by atoms with Gasteiger partial charge in [0.15, 0.2) is 11.5 Å². The number of amides is 1. The fourth-order valence-corrected chi connectivity index (χ4v) is 3.29. The lowest BCUT2D eigenvalue weighted by molar-refractivity contribution is 0.0735. The molecule has 7 heteroatoms. The summed E-state index contributed by atoms with van der Waals surface area (Å²) in [5, 5.41) is 8.28. The standard InChI is InChI=1S/C19H20N4O3/c1-22-17-4-3-9-23(12-14(17)11-20-22)19(24)16-10-18(26-21-16)13-5-7-15(25-2)8-6-13/h5-8,10-11H,3-4,9,12H2,1-2H3. The molecule has 3 heterocycles. The van der Waals surface area contributed by atoms with Crippen LogP contribution in [-0.4, -0.2) is 39.4 Å². The lowest BCUT2D eigenvalue weighted by Gasteiger charge is -2.18. The van der Waals surface area contributed by atoms with Crippen LogP contribution in [-0.2, 0) is 20.0 Å². The second-order valence-electron chi connectivity index (χ2n) is 6.38. The van der Waals surface area contributed by atoms with Gasteiger partial charge in [0, 0.05) is 43.0 Å². The van der Waals surface area contributed by atoms with Gasteiger partial charge in [-0.3, -0.25) is 9.48 Å². The predicted octanol–water partition coefficient (Wildman–Crippen LogP) is 2.67. The van der Waals surface area contributed by atoms with Gasteiger partial charge in [0.05, 0.1) is 13.3 Å². The van der Waals surface area contributed by atoms with Crippen molar-refractivity contribution in [3.05, 3.63) is 53.5 Å². The van der Waals surface area contributed by atoms with Gasteiger partial charge in [-0.1, -0.05) is 5.16 Å². The Kier molecular flexibility index (Phi) is 4.20. The molecule has 4 rings (SSSR count). The van der Waals surface area contributed by atoms with Gasteiger partial charge < -0.3 is 14.2 Å². The van der Waals surface area contributed by atoms with Crippen LogP contribution >= 0.6 is 0 Å². The Hall–Kier alpha value is -3.09. The molecule has 3 aromatic rings. The van der Waals surface area contributed by atoms with Gasteiger partial charge in [-0.15, -0.1) is 0 Å². The lowest BCUT2D eigenvalue weighted by Crippen LogP contribution is -2.30. The van der Waals surface area contributed by atoms with Crippen molar-refractivity contribution >= 4 is 5.91 Å². The van der Waals surface area contributed by atoms with E-state index >= 15 is 0 Å². The highest BCUT2D eigenvalue weighted by Gasteiger charge is 2.24. The quantitative estimate of drug-likeness (QED) is 0.724. The number of hydrogen-bond donors (Lipinski definition) is 0. The molecule has 0 N–H and O–H groups in total. The van der Waals surface area contributed by atoms with E-state index in [0.29, 0.717) is 24.5 Å². The summed E-state index contributed by atoms with van der Waals surface area (Å²) in [6.45, 7) is 1.24. The topological polar surface area (TPSA) is 73.4 Å². The smallest absolute Gasteiger partial charge is 0.276 e. The number of rotatable bonds is 3. The molecule has 0 fully saturated rings. The number of benzene rings is 1. The molecule has 2 aromatic heterocycles. The minimum atomic E-state index is -0.120. The third-order valence-electron chi connectivity index (χ3n) is 4.74. The van der Waals surface area contributed by atoms with Crippen molar-refractivity contribution in [2.75, 3.05) is 13.7 Å². The molecule has 0 unspecified atom stereocenters. The van der Waals surface area contributed by atoms with Gasteiger partial charge in [-0.05, 0) is 37.1 Å². The molecule has 1 aromatic carbocycles. The van der Waals surface area contributed by atoms with Crippen molar-refractivity contribution in [3.8, 4) is 17.1 Å². The van der Waals surface area contributed by atoms with Crippen molar-refractivity contribution in [2.24, 2.45) is 7.05 Å². The molecule has 0 atom stereocenters. The molecule has 0 radical (unpaired) electrons. The van der Waals surface area contributed by atoms with E-state index < -0.39 is 0 Å². The minimum absolute atomic E-state index is 0.120.